The topological polar surface area (TPSA) is 104 Å². The van der Waals surface area contributed by atoms with Crippen LogP contribution in [0.2, 0.25) is 0 Å². The average molecular weight is 429 g/mol. The van der Waals surface area contributed by atoms with Crippen molar-refractivity contribution in [1.82, 2.24) is 0 Å². The van der Waals surface area contributed by atoms with Gasteiger partial charge in [-0.25, -0.2) is 0 Å². The Morgan fingerprint density at radius 1 is 0.769 bits per heavy atom. The van der Waals surface area contributed by atoms with Gasteiger partial charge in [0.05, 0.1) is 22.0 Å². The maximum atomic E-state index is 5.92. The fourth-order valence-corrected chi connectivity index (χ4v) is 4.31. The molecule has 0 bridgehead atoms. The molecule has 144 valence electrons. The van der Waals surface area contributed by atoms with Crippen molar-refractivity contribution in [2.24, 2.45) is 0 Å². The number of hydrogen-bond donors (Lipinski definition) is 6. The number of benzene rings is 2. The van der Waals surface area contributed by atoms with E-state index in [4.69, 9.17) is 22.9 Å². The van der Waals surface area contributed by atoms with Crippen LogP contribution in [0.3, 0.4) is 0 Å². The highest BCUT2D eigenvalue weighted by atomic mass is 32.2. The Bertz CT molecular complexity index is 748. The van der Waals surface area contributed by atoms with Crippen LogP contribution in [-0.4, -0.2) is 12.5 Å². The molecule has 2 aromatic carbocycles. The van der Waals surface area contributed by atoms with Crippen LogP contribution in [0.15, 0.2) is 21.9 Å². The molecule has 2 aromatic rings. The van der Waals surface area contributed by atoms with E-state index in [1.807, 2.05) is 38.5 Å². The highest BCUT2D eigenvalue weighted by Gasteiger charge is 2.10. The van der Waals surface area contributed by atoms with Gasteiger partial charge in [0, 0.05) is 22.1 Å². The molecule has 4 nitrogen and oxygen atoms in total. The summed E-state index contributed by atoms with van der Waals surface area (Å²) in [5.74, 6) is 1.31. The smallest absolute Gasteiger partial charge is 0.0535 e. The van der Waals surface area contributed by atoms with E-state index in [1.54, 1.807) is 23.5 Å². The van der Waals surface area contributed by atoms with E-state index in [0.29, 0.717) is 11.5 Å². The molecule has 8 N–H and O–H groups in total. The lowest BCUT2D eigenvalue weighted by Gasteiger charge is -2.13. The van der Waals surface area contributed by atoms with Gasteiger partial charge in [0.2, 0.25) is 0 Å². The van der Waals surface area contributed by atoms with Crippen LogP contribution in [0.25, 0.3) is 0 Å². The van der Waals surface area contributed by atoms with Crippen LogP contribution >= 0.6 is 48.8 Å². The Morgan fingerprint density at radius 2 is 1.31 bits per heavy atom. The molecule has 0 amide bonds. The summed E-state index contributed by atoms with van der Waals surface area (Å²) in [5.41, 5.74) is 30.9. The van der Waals surface area contributed by atoms with Crippen molar-refractivity contribution in [3.63, 3.8) is 0 Å². The maximum Gasteiger partial charge on any atom is 0.0535 e. The second-order valence-corrected chi connectivity index (χ2v) is 8.02. The summed E-state index contributed by atoms with van der Waals surface area (Å²) in [4.78, 5) is 2.06. The highest BCUT2D eigenvalue weighted by Crippen LogP contribution is 2.35. The van der Waals surface area contributed by atoms with Gasteiger partial charge in [0.1, 0.15) is 0 Å². The van der Waals surface area contributed by atoms with E-state index in [-0.39, 0.29) is 0 Å². The molecule has 2 rings (SSSR count). The first kappa shape index (κ1) is 23.1. The third-order valence-electron chi connectivity index (χ3n) is 4.14. The zero-order chi connectivity index (χ0) is 20.0. The van der Waals surface area contributed by atoms with Crippen LogP contribution in [0.5, 0.6) is 0 Å². The third kappa shape index (κ3) is 5.06. The molecule has 0 aliphatic carbocycles. The number of aryl methyl sites for hydroxylation is 1. The first-order valence-corrected chi connectivity index (χ1v) is 11.6. The molecule has 0 aliphatic heterocycles. The van der Waals surface area contributed by atoms with Crippen molar-refractivity contribution in [1.29, 1.82) is 0 Å². The summed E-state index contributed by atoms with van der Waals surface area (Å²) in [7, 11) is 0. The molecule has 0 radical (unpaired) electrons. The molecule has 0 saturated carbocycles. The van der Waals surface area contributed by atoms with Gasteiger partial charge in [-0.3, -0.25) is 0 Å². The van der Waals surface area contributed by atoms with Crippen LogP contribution in [0.4, 0.5) is 22.7 Å². The molecule has 0 saturated heterocycles. The SMILES string of the molecule is CSc1c(N)c(C)cc(CS)c1N.CSc1cc(CS)c(N)c(C)c1N. The van der Waals surface area contributed by atoms with Gasteiger partial charge in [0.25, 0.3) is 0 Å². The number of nitrogen functional groups attached to an aromatic ring is 4. The Balaban J connectivity index is 0.000000260. The Morgan fingerprint density at radius 3 is 1.77 bits per heavy atom. The Kier molecular flexibility index (Phi) is 9.23. The summed E-state index contributed by atoms with van der Waals surface area (Å²) in [6, 6.07) is 4.01. The first-order chi connectivity index (χ1) is 12.2. The monoisotopic (exact) mass is 428 g/mol. The van der Waals surface area contributed by atoms with Gasteiger partial charge in [-0.1, -0.05) is 6.07 Å². The fraction of sp³-hybridized carbons (Fsp3) is 0.333. The molecular weight excluding hydrogens is 400 g/mol. The molecular formula is C18H28N4S4. The van der Waals surface area contributed by atoms with Gasteiger partial charge in [-0.2, -0.15) is 25.3 Å². The van der Waals surface area contributed by atoms with E-state index in [0.717, 1.165) is 54.8 Å². The molecule has 0 atom stereocenters. The lowest BCUT2D eigenvalue weighted by molar-refractivity contribution is 1.29. The van der Waals surface area contributed by atoms with E-state index >= 15 is 0 Å². The zero-order valence-electron chi connectivity index (χ0n) is 15.6. The number of hydrogen-bond acceptors (Lipinski definition) is 8. The molecule has 0 aromatic heterocycles. The van der Waals surface area contributed by atoms with Crippen LogP contribution < -0.4 is 22.9 Å². The molecule has 0 unspecified atom stereocenters. The van der Waals surface area contributed by atoms with Crippen molar-refractivity contribution in [3.8, 4) is 0 Å². The number of nitrogens with two attached hydrogens (primary N) is 4. The molecule has 0 heterocycles. The summed E-state index contributed by atoms with van der Waals surface area (Å²) in [5, 5.41) is 0. The van der Waals surface area contributed by atoms with Crippen LogP contribution in [0, 0.1) is 13.8 Å². The molecule has 8 heteroatoms. The summed E-state index contributed by atoms with van der Waals surface area (Å²) >= 11 is 11.6. The van der Waals surface area contributed by atoms with Crippen molar-refractivity contribution in [2.45, 2.75) is 35.1 Å². The van der Waals surface area contributed by atoms with Gasteiger partial charge < -0.3 is 22.9 Å². The van der Waals surface area contributed by atoms with Gasteiger partial charge in [0.15, 0.2) is 0 Å². The minimum Gasteiger partial charge on any atom is -0.398 e. The van der Waals surface area contributed by atoms with Crippen molar-refractivity contribution in [3.05, 3.63) is 34.4 Å². The molecule has 0 spiro atoms. The maximum absolute atomic E-state index is 5.92. The highest BCUT2D eigenvalue weighted by molar-refractivity contribution is 7.99. The molecule has 0 aliphatic rings. The van der Waals surface area contributed by atoms with Gasteiger partial charge in [-0.05, 0) is 54.7 Å². The summed E-state index contributed by atoms with van der Waals surface area (Å²) in [6.07, 6.45) is 3.98. The first-order valence-electron chi connectivity index (χ1n) is 7.87. The van der Waals surface area contributed by atoms with Crippen LogP contribution in [0.1, 0.15) is 22.3 Å². The van der Waals surface area contributed by atoms with Gasteiger partial charge in [-0.15, -0.1) is 23.5 Å². The van der Waals surface area contributed by atoms with E-state index < -0.39 is 0 Å². The second kappa shape index (κ2) is 10.4. The molecule has 0 fully saturated rings. The lowest BCUT2D eigenvalue weighted by atomic mass is 10.1. The van der Waals surface area contributed by atoms with E-state index in [2.05, 4.69) is 25.3 Å². The normalized spacial score (nSPS) is 10.4. The Hall–Kier alpha value is -0.960. The predicted octanol–water partition coefficient (Wildman–Crippen LogP) is 4.62. The minimum atomic E-state index is 0.653. The minimum absolute atomic E-state index is 0.653. The van der Waals surface area contributed by atoms with Crippen LogP contribution in [-0.2, 0) is 11.5 Å². The lowest BCUT2D eigenvalue weighted by Crippen LogP contribution is -2.01. The van der Waals surface area contributed by atoms with Crippen molar-refractivity contribution < 1.29 is 0 Å². The Labute approximate surface area is 176 Å². The standard InChI is InChI=1S/2C9H14N2S2/c1-5-8(10)6(4-12)3-7(13-2)9(5)11;1-5-3-6(4-12)8(11)9(13-2)7(5)10/h2*3,12H,4,10-11H2,1-2H3. The average Bonchev–Trinajstić information content (AvgIpc) is 2.64. The van der Waals surface area contributed by atoms with E-state index in [9.17, 15) is 0 Å². The predicted molar refractivity (Wildman–Crippen MR) is 129 cm³/mol. The second-order valence-electron chi connectivity index (χ2n) is 5.72. The fourth-order valence-electron chi connectivity index (χ4n) is 2.42. The van der Waals surface area contributed by atoms with Crippen molar-refractivity contribution in [2.75, 3.05) is 35.4 Å². The number of rotatable bonds is 4. The van der Waals surface area contributed by atoms with E-state index in [1.165, 1.54) is 0 Å². The summed E-state index contributed by atoms with van der Waals surface area (Å²) in [6.45, 7) is 3.93. The van der Waals surface area contributed by atoms with Gasteiger partial charge >= 0.3 is 0 Å². The summed E-state index contributed by atoms with van der Waals surface area (Å²) < 4.78 is 0. The largest absolute Gasteiger partial charge is 0.398 e. The third-order valence-corrected chi connectivity index (χ3v) is 6.45. The van der Waals surface area contributed by atoms with Crippen molar-refractivity contribution >= 4 is 71.5 Å². The quantitative estimate of drug-likeness (QED) is 0.241. The number of anilines is 4. The number of thiol groups is 2. The number of thioether (sulfide) groups is 2. The zero-order valence-corrected chi connectivity index (χ0v) is 19.0. The molecule has 26 heavy (non-hydrogen) atoms.